The molecule has 0 unspecified atom stereocenters. The molecule has 0 aliphatic rings. The summed E-state index contributed by atoms with van der Waals surface area (Å²) in [5, 5.41) is 0. The molecule has 4 heteroatoms. The number of aliphatic imine (C=N–C) groups is 1. The van der Waals surface area contributed by atoms with Crippen LogP contribution in [0.15, 0.2) is 47.6 Å². The SMILES string of the molecule is Cc1ccc(N=CCc2ccccn2)c(O[Si](C)C)c1. The lowest BCUT2D eigenvalue weighted by molar-refractivity contribution is 0.581. The van der Waals surface area contributed by atoms with Crippen LogP contribution in [0.5, 0.6) is 5.75 Å². The summed E-state index contributed by atoms with van der Waals surface area (Å²) < 4.78 is 5.90. The maximum atomic E-state index is 5.90. The predicted octanol–water partition coefficient (Wildman–Crippen LogP) is 3.96. The van der Waals surface area contributed by atoms with E-state index < -0.39 is 9.04 Å². The van der Waals surface area contributed by atoms with E-state index in [0.717, 1.165) is 23.6 Å². The van der Waals surface area contributed by atoms with E-state index in [1.54, 1.807) is 6.20 Å². The summed E-state index contributed by atoms with van der Waals surface area (Å²) in [7, 11) is -0.788. The lowest BCUT2D eigenvalue weighted by Gasteiger charge is -2.11. The molecule has 1 aromatic heterocycles. The van der Waals surface area contributed by atoms with Crippen molar-refractivity contribution in [3.8, 4) is 5.75 Å². The summed E-state index contributed by atoms with van der Waals surface area (Å²) in [6.45, 7) is 6.30. The molecule has 0 spiro atoms. The van der Waals surface area contributed by atoms with Gasteiger partial charge in [0.15, 0.2) is 0 Å². The predicted molar refractivity (Wildman–Crippen MR) is 85.4 cm³/mol. The third kappa shape index (κ3) is 4.31. The summed E-state index contributed by atoms with van der Waals surface area (Å²) in [5.41, 5.74) is 3.09. The van der Waals surface area contributed by atoms with E-state index in [2.05, 4.69) is 36.1 Å². The van der Waals surface area contributed by atoms with Gasteiger partial charge in [0.1, 0.15) is 11.4 Å². The molecule has 0 N–H and O–H groups in total. The van der Waals surface area contributed by atoms with Gasteiger partial charge in [0.2, 0.25) is 0 Å². The highest BCUT2D eigenvalue weighted by Gasteiger charge is 2.06. The maximum absolute atomic E-state index is 5.90. The molecular formula is C16H19N2OSi. The second-order valence-electron chi connectivity index (χ2n) is 4.82. The molecule has 2 aromatic rings. The first-order valence-corrected chi connectivity index (χ1v) is 9.07. The number of hydrogen-bond donors (Lipinski definition) is 0. The summed E-state index contributed by atoms with van der Waals surface area (Å²) in [4.78, 5) is 8.80. The van der Waals surface area contributed by atoms with Gasteiger partial charge in [-0.05, 0) is 49.8 Å². The standard InChI is InChI=1S/C16H19N2OSi/c1-13-7-8-15(16(12-13)19-20(2)3)18-11-9-14-6-4-5-10-17-14/h4-8,10-12H,9H2,1-3H3. The summed E-state index contributed by atoms with van der Waals surface area (Å²) in [5.74, 6) is 0.876. The van der Waals surface area contributed by atoms with Crippen LogP contribution in [0.4, 0.5) is 5.69 Å². The van der Waals surface area contributed by atoms with Crippen molar-refractivity contribution in [2.45, 2.75) is 26.4 Å². The van der Waals surface area contributed by atoms with Crippen LogP contribution >= 0.6 is 0 Å². The molecule has 0 aliphatic carbocycles. The Morgan fingerprint density at radius 3 is 2.80 bits per heavy atom. The van der Waals surface area contributed by atoms with Crippen molar-refractivity contribution in [1.29, 1.82) is 0 Å². The molecule has 0 saturated carbocycles. The van der Waals surface area contributed by atoms with Gasteiger partial charge >= 0.3 is 0 Å². The quantitative estimate of drug-likeness (QED) is 0.615. The van der Waals surface area contributed by atoms with Gasteiger partial charge in [0, 0.05) is 24.5 Å². The van der Waals surface area contributed by atoms with Crippen LogP contribution in [0.1, 0.15) is 11.3 Å². The van der Waals surface area contributed by atoms with Crippen molar-refractivity contribution in [2.24, 2.45) is 4.99 Å². The zero-order valence-corrected chi connectivity index (χ0v) is 13.1. The van der Waals surface area contributed by atoms with E-state index in [9.17, 15) is 0 Å². The summed E-state index contributed by atoms with van der Waals surface area (Å²) in [6, 6.07) is 12.0. The molecule has 0 saturated heterocycles. The molecule has 3 nitrogen and oxygen atoms in total. The van der Waals surface area contributed by atoms with Gasteiger partial charge in [-0.2, -0.15) is 0 Å². The van der Waals surface area contributed by atoms with Crippen LogP contribution in [0, 0.1) is 6.92 Å². The Kier molecular flexibility index (Phi) is 5.07. The second kappa shape index (κ2) is 7.00. The Hall–Kier alpha value is -1.94. The smallest absolute Gasteiger partial charge is 0.274 e. The summed E-state index contributed by atoms with van der Waals surface area (Å²) in [6.07, 6.45) is 4.41. The van der Waals surface area contributed by atoms with Crippen molar-refractivity contribution in [3.63, 3.8) is 0 Å². The minimum absolute atomic E-state index is 0.726. The first-order chi connectivity index (χ1) is 9.65. The maximum Gasteiger partial charge on any atom is 0.274 e. The number of benzene rings is 1. The Morgan fingerprint density at radius 2 is 2.10 bits per heavy atom. The molecule has 0 aliphatic heterocycles. The molecule has 20 heavy (non-hydrogen) atoms. The normalized spacial score (nSPS) is 11.2. The van der Waals surface area contributed by atoms with Crippen molar-refractivity contribution >= 4 is 20.9 Å². The van der Waals surface area contributed by atoms with Gasteiger partial charge in [-0.15, -0.1) is 0 Å². The Labute approximate surface area is 122 Å². The van der Waals surface area contributed by atoms with Crippen molar-refractivity contribution in [1.82, 2.24) is 4.98 Å². The number of rotatable bonds is 5. The van der Waals surface area contributed by atoms with Crippen molar-refractivity contribution < 1.29 is 4.43 Å². The monoisotopic (exact) mass is 283 g/mol. The Morgan fingerprint density at radius 1 is 1.25 bits per heavy atom. The van der Waals surface area contributed by atoms with Gasteiger partial charge < -0.3 is 4.43 Å². The van der Waals surface area contributed by atoms with Crippen LogP contribution in [0.2, 0.25) is 13.1 Å². The highest BCUT2D eigenvalue weighted by molar-refractivity contribution is 6.49. The highest BCUT2D eigenvalue weighted by atomic mass is 28.3. The Bertz CT molecular complexity index is 582. The van der Waals surface area contributed by atoms with E-state index >= 15 is 0 Å². The van der Waals surface area contributed by atoms with Gasteiger partial charge in [-0.25, -0.2) is 0 Å². The second-order valence-corrected chi connectivity index (χ2v) is 6.84. The van der Waals surface area contributed by atoms with Crippen LogP contribution in [0.25, 0.3) is 0 Å². The molecule has 1 aromatic carbocycles. The Balaban J connectivity index is 2.12. The lowest BCUT2D eigenvalue weighted by atomic mass is 10.2. The molecule has 2 rings (SSSR count). The topological polar surface area (TPSA) is 34.5 Å². The number of hydrogen-bond acceptors (Lipinski definition) is 3. The van der Waals surface area contributed by atoms with Gasteiger partial charge in [0.25, 0.3) is 9.04 Å². The van der Waals surface area contributed by atoms with E-state index in [1.807, 2.05) is 36.5 Å². The van der Waals surface area contributed by atoms with E-state index in [4.69, 9.17) is 4.43 Å². The van der Waals surface area contributed by atoms with Crippen molar-refractivity contribution in [3.05, 3.63) is 53.9 Å². The first kappa shape index (κ1) is 14.5. The zero-order valence-electron chi connectivity index (χ0n) is 12.1. The fraction of sp³-hybridized carbons (Fsp3) is 0.250. The van der Waals surface area contributed by atoms with Gasteiger partial charge in [0.05, 0.1) is 0 Å². The number of aromatic nitrogens is 1. The molecule has 0 amide bonds. The van der Waals surface area contributed by atoms with Crippen molar-refractivity contribution in [2.75, 3.05) is 0 Å². The number of pyridine rings is 1. The average molecular weight is 283 g/mol. The van der Waals surface area contributed by atoms with E-state index in [-0.39, 0.29) is 0 Å². The molecule has 0 fully saturated rings. The largest absolute Gasteiger partial charge is 0.541 e. The zero-order chi connectivity index (χ0) is 14.4. The van der Waals surface area contributed by atoms with Crippen LogP contribution in [-0.2, 0) is 6.42 Å². The minimum atomic E-state index is -0.788. The first-order valence-electron chi connectivity index (χ1n) is 6.66. The van der Waals surface area contributed by atoms with Crippen LogP contribution in [0.3, 0.4) is 0 Å². The average Bonchev–Trinajstić information content (AvgIpc) is 2.42. The minimum Gasteiger partial charge on any atom is -0.541 e. The molecular weight excluding hydrogens is 264 g/mol. The van der Waals surface area contributed by atoms with Gasteiger partial charge in [-0.3, -0.25) is 9.98 Å². The third-order valence-electron chi connectivity index (χ3n) is 2.69. The highest BCUT2D eigenvalue weighted by Crippen LogP contribution is 2.28. The van der Waals surface area contributed by atoms with Gasteiger partial charge in [-0.1, -0.05) is 12.1 Å². The fourth-order valence-corrected chi connectivity index (χ4v) is 2.39. The van der Waals surface area contributed by atoms with E-state index in [1.165, 1.54) is 5.56 Å². The van der Waals surface area contributed by atoms with Crippen LogP contribution < -0.4 is 4.43 Å². The fourth-order valence-electron chi connectivity index (χ4n) is 1.79. The molecule has 103 valence electrons. The summed E-state index contributed by atoms with van der Waals surface area (Å²) >= 11 is 0. The molecule has 0 atom stereocenters. The molecule has 1 heterocycles. The molecule has 1 radical (unpaired) electrons. The number of aryl methyl sites for hydroxylation is 1. The van der Waals surface area contributed by atoms with Crippen LogP contribution in [-0.4, -0.2) is 20.2 Å². The number of nitrogens with zero attached hydrogens (tertiary/aromatic N) is 2. The molecule has 0 bridgehead atoms. The lowest BCUT2D eigenvalue weighted by Crippen LogP contribution is -2.11. The third-order valence-corrected chi connectivity index (χ3v) is 3.31. The van der Waals surface area contributed by atoms with E-state index in [0.29, 0.717) is 0 Å².